The topological polar surface area (TPSA) is 3.24 Å². The van der Waals surface area contributed by atoms with Crippen LogP contribution in [0.1, 0.15) is 27.2 Å². The first-order chi connectivity index (χ1) is 4.70. The molecule has 2 heteroatoms. The SMILES string of the molecule is CCN(CC)CCC(C)Br. The van der Waals surface area contributed by atoms with E-state index in [1.54, 1.807) is 0 Å². The Bertz CT molecular complexity index is 69.7. The third kappa shape index (κ3) is 5.24. The molecule has 0 radical (unpaired) electrons. The van der Waals surface area contributed by atoms with E-state index < -0.39 is 0 Å². The Morgan fingerprint density at radius 1 is 1.30 bits per heavy atom. The van der Waals surface area contributed by atoms with Crippen LogP contribution in [0.5, 0.6) is 0 Å². The Morgan fingerprint density at radius 2 is 1.80 bits per heavy atom. The molecule has 0 aliphatic heterocycles. The van der Waals surface area contributed by atoms with Crippen molar-refractivity contribution < 1.29 is 0 Å². The zero-order valence-corrected chi connectivity index (χ0v) is 8.82. The van der Waals surface area contributed by atoms with Gasteiger partial charge in [0.15, 0.2) is 0 Å². The van der Waals surface area contributed by atoms with Gasteiger partial charge in [-0.2, -0.15) is 0 Å². The first-order valence-electron chi connectivity index (χ1n) is 4.07. The molecule has 0 bridgehead atoms. The van der Waals surface area contributed by atoms with Crippen molar-refractivity contribution >= 4 is 15.9 Å². The Kier molecular flexibility index (Phi) is 6.44. The third-order valence-corrected chi connectivity index (χ3v) is 2.20. The van der Waals surface area contributed by atoms with Crippen molar-refractivity contribution in [2.75, 3.05) is 19.6 Å². The fraction of sp³-hybridized carbons (Fsp3) is 1.00. The van der Waals surface area contributed by atoms with Crippen molar-refractivity contribution in [1.82, 2.24) is 4.90 Å². The summed E-state index contributed by atoms with van der Waals surface area (Å²) in [5, 5.41) is 0. The van der Waals surface area contributed by atoms with Crippen LogP contribution in [0.3, 0.4) is 0 Å². The van der Waals surface area contributed by atoms with Gasteiger partial charge in [-0.25, -0.2) is 0 Å². The van der Waals surface area contributed by atoms with Gasteiger partial charge in [-0.3, -0.25) is 0 Å². The first kappa shape index (κ1) is 10.4. The number of rotatable bonds is 5. The van der Waals surface area contributed by atoms with Gasteiger partial charge in [0.1, 0.15) is 0 Å². The largest absolute Gasteiger partial charge is 0.304 e. The van der Waals surface area contributed by atoms with Crippen LogP contribution < -0.4 is 0 Å². The minimum atomic E-state index is 0.660. The maximum Gasteiger partial charge on any atom is 0.0129 e. The second-order valence-corrected chi connectivity index (χ2v) is 4.16. The smallest absolute Gasteiger partial charge is 0.0129 e. The molecule has 0 spiro atoms. The molecule has 0 saturated carbocycles. The van der Waals surface area contributed by atoms with Crippen LogP contribution >= 0.6 is 15.9 Å². The van der Waals surface area contributed by atoms with Crippen molar-refractivity contribution in [2.24, 2.45) is 0 Å². The van der Waals surface area contributed by atoms with Crippen LogP contribution in [-0.2, 0) is 0 Å². The van der Waals surface area contributed by atoms with Crippen LogP contribution in [-0.4, -0.2) is 29.4 Å². The number of hydrogen-bond donors (Lipinski definition) is 0. The number of nitrogens with zero attached hydrogens (tertiary/aromatic N) is 1. The lowest BCUT2D eigenvalue weighted by atomic mass is 10.3. The summed E-state index contributed by atoms with van der Waals surface area (Å²) >= 11 is 3.53. The summed E-state index contributed by atoms with van der Waals surface area (Å²) in [6, 6.07) is 0. The molecular formula is C8H18BrN. The average molecular weight is 208 g/mol. The van der Waals surface area contributed by atoms with E-state index in [0.717, 1.165) is 0 Å². The van der Waals surface area contributed by atoms with Crippen molar-refractivity contribution in [1.29, 1.82) is 0 Å². The van der Waals surface area contributed by atoms with E-state index in [1.807, 2.05) is 0 Å². The number of halogens is 1. The van der Waals surface area contributed by atoms with Crippen LogP contribution in [0.15, 0.2) is 0 Å². The normalized spacial score (nSPS) is 14.1. The maximum absolute atomic E-state index is 3.53. The van der Waals surface area contributed by atoms with Crippen molar-refractivity contribution in [3.63, 3.8) is 0 Å². The highest BCUT2D eigenvalue weighted by Crippen LogP contribution is 2.03. The second-order valence-electron chi connectivity index (χ2n) is 2.60. The van der Waals surface area contributed by atoms with E-state index in [1.165, 1.54) is 26.1 Å². The van der Waals surface area contributed by atoms with E-state index >= 15 is 0 Å². The molecule has 0 fully saturated rings. The summed E-state index contributed by atoms with van der Waals surface area (Å²) in [6.07, 6.45) is 1.25. The Labute approximate surface area is 72.9 Å². The van der Waals surface area contributed by atoms with Crippen LogP contribution in [0, 0.1) is 0 Å². The van der Waals surface area contributed by atoms with Crippen LogP contribution in [0.2, 0.25) is 0 Å². The van der Waals surface area contributed by atoms with Gasteiger partial charge in [-0.1, -0.05) is 36.7 Å². The molecule has 0 aromatic rings. The summed E-state index contributed by atoms with van der Waals surface area (Å²) in [4.78, 5) is 3.10. The number of hydrogen-bond acceptors (Lipinski definition) is 1. The molecule has 0 aliphatic carbocycles. The van der Waals surface area contributed by atoms with Crippen LogP contribution in [0.25, 0.3) is 0 Å². The molecule has 0 aliphatic rings. The molecule has 1 atom stereocenters. The molecule has 0 aromatic heterocycles. The summed E-state index contributed by atoms with van der Waals surface area (Å²) in [7, 11) is 0. The van der Waals surface area contributed by atoms with Gasteiger partial charge >= 0.3 is 0 Å². The Balaban J connectivity index is 3.26. The van der Waals surface area contributed by atoms with E-state index in [4.69, 9.17) is 0 Å². The number of alkyl halides is 1. The maximum atomic E-state index is 3.53. The Morgan fingerprint density at radius 3 is 2.10 bits per heavy atom. The lowest BCUT2D eigenvalue weighted by Crippen LogP contribution is -2.25. The molecular weight excluding hydrogens is 190 g/mol. The molecule has 0 saturated heterocycles. The molecule has 0 amide bonds. The zero-order valence-electron chi connectivity index (χ0n) is 7.23. The van der Waals surface area contributed by atoms with E-state index in [9.17, 15) is 0 Å². The lowest BCUT2D eigenvalue weighted by Gasteiger charge is -2.18. The molecule has 10 heavy (non-hydrogen) atoms. The fourth-order valence-electron chi connectivity index (χ4n) is 0.900. The van der Waals surface area contributed by atoms with Gasteiger partial charge in [0.25, 0.3) is 0 Å². The monoisotopic (exact) mass is 207 g/mol. The second kappa shape index (κ2) is 6.17. The molecule has 62 valence electrons. The molecule has 0 rings (SSSR count). The van der Waals surface area contributed by atoms with Crippen molar-refractivity contribution in [3.05, 3.63) is 0 Å². The highest BCUT2D eigenvalue weighted by molar-refractivity contribution is 9.09. The van der Waals surface area contributed by atoms with E-state index in [-0.39, 0.29) is 0 Å². The standard InChI is InChI=1S/C8H18BrN/c1-4-10(5-2)7-6-8(3)9/h8H,4-7H2,1-3H3. The molecule has 0 N–H and O–H groups in total. The van der Waals surface area contributed by atoms with Crippen LogP contribution in [0.4, 0.5) is 0 Å². The van der Waals surface area contributed by atoms with Gasteiger partial charge in [-0.15, -0.1) is 0 Å². The highest BCUT2D eigenvalue weighted by atomic mass is 79.9. The third-order valence-electron chi connectivity index (χ3n) is 1.74. The summed E-state index contributed by atoms with van der Waals surface area (Å²) in [5.74, 6) is 0. The lowest BCUT2D eigenvalue weighted by molar-refractivity contribution is 0.300. The molecule has 0 aromatic carbocycles. The van der Waals surface area contributed by atoms with E-state index in [2.05, 4.69) is 41.6 Å². The van der Waals surface area contributed by atoms with Crippen molar-refractivity contribution in [3.8, 4) is 0 Å². The summed E-state index contributed by atoms with van der Waals surface area (Å²) in [5.41, 5.74) is 0. The fourth-order valence-corrected chi connectivity index (χ4v) is 1.11. The minimum absolute atomic E-state index is 0.660. The summed E-state index contributed by atoms with van der Waals surface area (Å²) < 4.78 is 0. The zero-order chi connectivity index (χ0) is 7.98. The van der Waals surface area contributed by atoms with Gasteiger partial charge in [0.2, 0.25) is 0 Å². The van der Waals surface area contributed by atoms with Gasteiger partial charge in [-0.05, 0) is 26.1 Å². The summed E-state index contributed by atoms with van der Waals surface area (Å²) in [6.45, 7) is 10.2. The molecule has 0 heterocycles. The minimum Gasteiger partial charge on any atom is -0.304 e. The first-order valence-corrected chi connectivity index (χ1v) is 4.98. The van der Waals surface area contributed by atoms with Gasteiger partial charge in [0, 0.05) is 4.83 Å². The average Bonchev–Trinajstić information content (AvgIpc) is 1.90. The van der Waals surface area contributed by atoms with E-state index in [0.29, 0.717) is 4.83 Å². The predicted molar refractivity (Wildman–Crippen MR) is 50.8 cm³/mol. The molecule has 1 nitrogen and oxygen atoms in total. The highest BCUT2D eigenvalue weighted by Gasteiger charge is 2.00. The predicted octanol–water partition coefficient (Wildman–Crippen LogP) is 2.50. The van der Waals surface area contributed by atoms with Crippen molar-refractivity contribution in [2.45, 2.75) is 32.0 Å². The molecule has 1 unspecified atom stereocenters. The Hall–Kier alpha value is 0.440. The van der Waals surface area contributed by atoms with Gasteiger partial charge < -0.3 is 4.90 Å². The van der Waals surface area contributed by atoms with Gasteiger partial charge in [0.05, 0.1) is 0 Å². The quantitative estimate of drug-likeness (QED) is 0.627.